The maximum Gasteiger partial charge on any atom is 0.490 e. The summed E-state index contributed by atoms with van der Waals surface area (Å²) in [6.45, 7) is 0. The number of hydrogen-bond donors (Lipinski definition) is 4. The van der Waals surface area contributed by atoms with Crippen LogP contribution < -0.4 is 5.46 Å². The first-order valence-corrected chi connectivity index (χ1v) is 7.83. The molecule has 0 bridgehead atoms. The van der Waals surface area contributed by atoms with E-state index in [2.05, 4.69) is 0 Å². The highest BCUT2D eigenvalue weighted by Crippen LogP contribution is 2.25. The molecule has 0 amide bonds. The molecule has 0 aliphatic carbocycles. The van der Waals surface area contributed by atoms with Crippen molar-refractivity contribution in [1.29, 1.82) is 0 Å². The van der Waals surface area contributed by atoms with Gasteiger partial charge in [-0.3, -0.25) is 0 Å². The van der Waals surface area contributed by atoms with Gasteiger partial charge in [0, 0.05) is 5.46 Å². The number of aromatic carboxylic acids is 2. The Balaban J connectivity index is 0.000000257. The van der Waals surface area contributed by atoms with E-state index >= 15 is 0 Å². The van der Waals surface area contributed by atoms with Gasteiger partial charge in [-0.15, -0.1) is 0 Å². The fourth-order valence-electron chi connectivity index (χ4n) is 1.60. The van der Waals surface area contributed by atoms with Crippen molar-refractivity contribution in [2.45, 2.75) is 0 Å². The van der Waals surface area contributed by atoms with Gasteiger partial charge in [0.25, 0.3) is 0 Å². The summed E-state index contributed by atoms with van der Waals surface area (Å²) in [6, 6.07) is 6.83. The molecule has 4 N–H and O–H groups in total. The molecule has 0 saturated carbocycles. The number of benzene rings is 2. The normalized spacial score (nSPS) is 9.84. The van der Waals surface area contributed by atoms with Crippen molar-refractivity contribution in [3.05, 3.63) is 61.5 Å². The van der Waals surface area contributed by atoms with E-state index in [1.807, 2.05) is 0 Å². The number of hydrogen-bond acceptors (Lipinski definition) is 4. The quantitative estimate of drug-likeness (QED) is 0.562. The van der Waals surface area contributed by atoms with Gasteiger partial charge in [-0.2, -0.15) is 0 Å². The summed E-state index contributed by atoms with van der Waals surface area (Å²) >= 11 is 22.4. The Hall–Kier alpha value is -1.48. The van der Waals surface area contributed by atoms with E-state index in [0.717, 1.165) is 6.07 Å². The Morgan fingerprint density at radius 3 is 1.72 bits per heavy atom. The largest absolute Gasteiger partial charge is 0.490 e. The molecular formula is C14H9BCl4O6. The van der Waals surface area contributed by atoms with Crippen LogP contribution in [0.25, 0.3) is 0 Å². The van der Waals surface area contributed by atoms with E-state index in [0.29, 0.717) is 0 Å². The van der Waals surface area contributed by atoms with Crippen molar-refractivity contribution in [3.63, 3.8) is 0 Å². The highest BCUT2D eigenvalue weighted by atomic mass is 35.5. The molecule has 132 valence electrons. The standard InChI is InChI=1S/C7H5BCl2O4.C7H4Cl2O2/c9-5-3(7(11)12)1-2-4(6(5)10)8(13)14;8-5-3-1-2-4(6(5)9)7(10)11/h1-2,13-14H,(H,11,12);1-3H,(H,10,11). The van der Waals surface area contributed by atoms with Crippen LogP contribution in [-0.4, -0.2) is 39.3 Å². The van der Waals surface area contributed by atoms with Gasteiger partial charge < -0.3 is 20.3 Å². The molecular weight excluding hydrogens is 417 g/mol. The molecule has 2 aromatic rings. The van der Waals surface area contributed by atoms with Gasteiger partial charge in [-0.25, -0.2) is 9.59 Å². The monoisotopic (exact) mass is 424 g/mol. The van der Waals surface area contributed by atoms with E-state index in [4.69, 9.17) is 66.7 Å². The van der Waals surface area contributed by atoms with Crippen LogP contribution in [0.1, 0.15) is 20.7 Å². The Morgan fingerprint density at radius 1 is 0.760 bits per heavy atom. The predicted octanol–water partition coefficient (Wildman–Crippen LogP) is 3.06. The molecule has 0 aliphatic heterocycles. The number of carbonyl (C=O) groups is 2. The highest BCUT2D eigenvalue weighted by Gasteiger charge is 2.21. The Labute approximate surface area is 162 Å². The fraction of sp³-hybridized carbons (Fsp3) is 0. The van der Waals surface area contributed by atoms with Gasteiger partial charge in [-0.05, 0) is 18.2 Å². The maximum absolute atomic E-state index is 10.6. The molecule has 0 unspecified atom stereocenters. The van der Waals surface area contributed by atoms with Crippen LogP contribution in [0.15, 0.2) is 30.3 Å². The lowest BCUT2D eigenvalue weighted by molar-refractivity contribution is 0.0686. The van der Waals surface area contributed by atoms with Gasteiger partial charge in [0.05, 0.1) is 31.2 Å². The second-order valence-corrected chi connectivity index (χ2v) is 5.96. The lowest BCUT2D eigenvalue weighted by Gasteiger charge is -2.06. The molecule has 0 fully saturated rings. The molecule has 0 aliphatic rings. The SMILES string of the molecule is O=C(O)c1ccc(B(O)O)c(Cl)c1Cl.O=C(O)c1cccc(Cl)c1Cl. The molecule has 0 heterocycles. The summed E-state index contributed by atoms with van der Waals surface area (Å²) in [6.07, 6.45) is 0. The van der Waals surface area contributed by atoms with Crippen molar-refractivity contribution in [2.24, 2.45) is 0 Å². The third kappa shape index (κ3) is 5.50. The van der Waals surface area contributed by atoms with Gasteiger partial charge >= 0.3 is 19.1 Å². The van der Waals surface area contributed by atoms with Gasteiger partial charge in [-0.1, -0.05) is 58.5 Å². The van der Waals surface area contributed by atoms with Crippen LogP contribution in [0.2, 0.25) is 20.1 Å². The summed E-state index contributed by atoms with van der Waals surface area (Å²) in [5, 5.41) is 34.8. The topological polar surface area (TPSA) is 115 Å². The van der Waals surface area contributed by atoms with Gasteiger partial charge in [0.1, 0.15) is 0 Å². The van der Waals surface area contributed by atoms with E-state index in [1.54, 1.807) is 0 Å². The Morgan fingerprint density at radius 2 is 1.28 bits per heavy atom. The molecule has 2 aromatic carbocycles. The first-order valence-electron chi connectivity index (χ1n) is 6.32. The molecule has 25 heavy (non-hydrogen) atoms. The summed E-state index contributed by atoms with van der Waals surface area (Å²) in [4.78, 5) is 21.0. The summed E-state index contributed by atoms with van der Waals surface area (Å²) in [5.74, 6) is -2.30. The minimum absolute atomic E-state index is 0.0262. The van der Waals surface area contributed by atoms with E-state index in [1.165, 1.54) is 24.3 Å². The highest BCUT2D eigenvalue weighted by molar-refractivity contribution is 6.64. The van der Waals surface area contributed by atoms with Crippen LogP contribution >= 0.6 is 46.4 Å². The molecule has 6 nitrogen and oxygen atoms in total. The zero-order valence-electron chi connectivity index (χ0n) is 12.1. The lowest BCUT2D eigenvalue weighted by atomic mass is 9.80. The predicted molar refractivity (Wildman–Crippen MR) is 96.7 cm³/mol. The minimum atomic E-state index is -1.78. The zero-order valence-corrected chi connectivity index (χ0v) is 15.1. The molecule has 0 atom stereocenters. The van der Waals surface area contributed by atoms with Gasteiger partial charge in [0.15, 0.2) is 0 Å². The van der Waals surface area contributed by atoms with Gasteiger partial charge in [0.2, 0.25) is 0 Å². The fourth-order valence-corrected chi connectivity index (χ4v) is 2.49. The summed E-state index contributed by atoms with van der Waals surface area (Å²) in [5.41, 5.74) is -0.179. The van der Waals surface area contributed by atoms with Crippen molar-refractivity contribution >= 4 is 70.9 Å². The van der Waals surface area contributed by atoms with Crippen LogP contribution in [-0.2, 0) is 0 Å². The molecule has 11 heteroatoms. The third-order valence-electron chi connectivity index (χ3n) is 2.80. The second-order valence-electron chi connectivity index (χ2n) is 4.42. The smallest absolute Gasteiger partial charge is 0.478 e. The Kier molecular flexibility index (Phi) is 8.01. The molecule has 0 radical (unpaired) electrons. The van der Waals surface area contributed by atoms with Crippen LogP contribution in [0.3, 0.4) is 0 Å². The van der Waals surface area contributed by atoms with Crippen LogP contribution in [0.4, 0.5) is 0 Å². The molecule has 2 rings (SSSR count). The first-order chi connectivity index (χ1) is 11.6. The summed E-state index contributed by atoms with van der Waals surface area (Å²) in [7, 11) is -1.78. The average Bonchev–Trinajstić information content (AvgIpc) is 2.52. The molecule has 0 spiro atoms. The number of carboxylic acids is 2. The molecule has 0 saturated heterocycles. The Bertz CT molecular complexity index is 812. The third-order valence-corrected chi connectivity index (χ3v) is 4.52. The second kappa shape index (κ2) is 9.29. The minimum Gasteiger partial charge on any atom is -0.478 e. The van der Waals surface area contributed by atoms with Crippen molar-refractivity contribution in [2.75, 3.05) is 0 Å². The van der Waals surface area contributed by atoms with E-state index < -0.39 is 19.1 Å². The number of carboxylic acid groups (broad SMARTS) is 2. The maximum atomic E-state index is 10.6. The number of rotatable bonds is 3. The number of halogens is 4. The average molecular weight is 426 g/mol. The van der Waals surface area contributed by atoms with Crippen LogP contribution in [0, 0.1) is 0 Å². The van der Waals surface area contributed by atoms with Crippen molar-refractivity contribution in [3.8, 4) is 0 Å². The van der Waals surface area contributed by atoms with Crippen molar-refractivity contribution < 1.29 is 29.9 Å². The van der Waals surface area contributed by atoms with Crippen molar-refractivity contribution in [1.82, 2.24) is 0 Å². The summed E-state index contributed by atoms with van der Waals surface area (Å²) < 4.78 is 0. The first kappa shape index (κ1) is 21.6. The van der Waals surface area contributed by atoms with E-state index in [9.17, 15) is 9.59 Å². The molecule has 0 aromatic heterocycles. The van der Waals surface area contributed by atoms with Crippen LogP contribution in [0.5, 0.6) is 0 Å². The zero-order chi connectivity index (χ0) is 19.3. The lowest BCUT2D eigenvalue weighted by Crippen LogP contribution is -2.31. The van der Waals surface area contributed by atoms with E-state index in [-0.39, 0.29) is 36.7 Å².